The maximum absolute atomic E-state index is 12.2. The molecule has 1 atom stereocenters. The Morgan fingerprint density at radius 2 is 0.718 bits per heavy atom. The van der Waals surface area contributed by atoms with Gasteiger partial charge in [0.2, 0.25) is 11.8 Å². The minimum absolute atomic E-state index is 0.00452. The van der Waals surface area contributed by atoms with E-state index < -0.39 is 0 Å². The number of hydrogen-bond acceptors (Lipinski definition) is 2. The van der Waals surface area contributed by atoms with Crippen LogP contribution in [0, 0.1) is 0 Å². The van der Waals surface area contributed by atoms with Crippen molar-refractivity contribution in [2.75, 3.05) is 6.54 Å². The molecular formula is C35H70N2O2. The van der Waals surface area contributed by atoms with E-state index >= 15 is 0 Å². The minimum Gasteiger partial charge on any atom is -0.354 e. The molecule has 232 valence electrons. The molecule has 0 aromatic rings. The summed E-state index contributed by atoms with van der Waals surface area (Å²) in [5, 5.41) is 6.03. The summed E-state index contributed by atoms with van der Waals surface area (Å²) in [7, 11) is 0. The van der Waals surface area contributed by atoms with Gasteiger partial charge in [0, 0.05) is 25.4 Å². The molecule has 0 spiro atoms. The summed E-state index contributed by atoms with van der Waals surface area (Å²) < 4.78 is 0. The van der Waals surface area contributed by atoms with E-state index in [2.05, 4.69) is 24.5 Å². The fourth-order valence-corrected chi connectivity index (χ4v) is 5.36. The van der Waals surface area contributed by atoms with Crippen molar-refractivity contribution in [2.24, 2.45) is 0 Å². The predicted octanol–water partition coefficient (Wildman–Crippen LogP) is 10.6. The van der Waals surface area contributed by atoms with Gasteiger partial charge in [0.25, 0.3) is 0 Å². The average Bonchev–Trinajstić information content (AvgIpc) is 2.92. The van der Waals surface area contributed by atoms with E-state index in [1.807, 2.05) is 6.92 Å². The van der Waals surface area contributed by atoms with E-state index in [9.17, 15) is 9.59 Å². The van der Waals surface area contributed by atoms with Gasteiger partial charge in [0.05, 0.1) is 0 Å². The van der Waals surface area contributed by atoms with Gasteiger partial charge < -0.3 is 10.6 Å². The standard InChI is InChI=1S/C35H70N2O2/c1-4-6-8-10-12-14-16-17-18-19-21-23-25-27-29-31-35(39)37-33(3)32-36-34(38)30-28-26-24-22-20-15-13-11-9-7-5-2/h33H,4-32H2,1-3H3,(H,36,38)(H,37,39)/t33-/m1/s1. The molecule has 2 N–H and O–H groups in total. The summed E-state index contributed by atoms with van der Waals surface area (Å²) in [5.74, 6) is 0.242. The lowest BCUT2D eigenvalue weighted by atomic mass is 10.0. The van der Waals surface area contributed by atoms with Gasteiger partial charge in [-0.25, -0.2) is 0 Å². The fraction of sp³-hybridized carbons (Fsp3) is 0.943. The van der Waals surface area contributed by atoms with Crippen LogP contribution in [-0.4, -0.2) is 24.4 Å². The van der Waals surface area contributed by atoms with E-state index in [1.165, 1.54) is 141 Å². The van der Waals surface area contributed by atoms with Crippen LogP contribution in [0.1, 0.15) is 201 Å². The molecular weight excluding hydrogens is 480 g/mol. The van der Waals surface area contributed by atoms with Crippen molar-refractivity contribution in [3.05, 3.63) is 0 Å². The molecule has 4 heteroatoms. The molecule has 0 aromatic carbocycles. The summed E-state index contributed by atoms with van der Waals surface area (Å²) >= 11 is 0. The molecule has 0 radical (unpaired) electrons. The third-order valence-electron chi connectivity index (χ3n) is 8.03. The molecule has 0 aromatic heterocycles. The third-order valence-corrected chi connectivity index (χ3v) is 8.03. The highest BCUT2D eigenvalue weighted by Gasteiger charge is 2.09. The van der Waals surface area contributed by atoms with Crippen LogP contribution in [0.4, 0.5) is 0 Å². The minimum atomic E-state index is -0.00452. The van der Waals surface area contributed by atoms with Gasteiger partial charge in [-0.2, -0.15) is 0 Å². The third kappa shape index (κ3) is 31.3. The first-order valence-electron chi connectivity index (χ1n) is 17.7. The number of rotatable bonds is 31. The van der Waals surface area contributed by atoms with Gasteiger partial charge in [-0.15, -0.1) is 0 Å². The lowest BCUT2D eigenvalue weighted by Gasteiger charge is -2.15. The van der Waals surface area contributed by atoms with E-state index in [-0.39, 0.29) is 17.9 Å². The van der Waals surface area contributed by atoms with Crippen LogP contribution in [0.3, 0.4) is 0 Å². The summed E-state index contributed by atoms with van der Waals surface area (Å²) in [6.45, 7) is 7.05. The monoisotopic (exact) mass is 551 g/mol. The van der Waals surface area contributed by atoms with Gasteiger partial charge in [-0.3, -0.25) is 9.59 Å². The van der Waals surface area contributed by atoms with Crippen LogP contribution in [-0.2, 0) is 9.59 Å². The van der Waals surface area contributed by atoms with Gasteiger partial charge in [0.1, 0.15) is 0 Å². The Bertz CT molecular complexity index is 523. The molecule has 0 rings (SSSR count). The Hall–Kier alpha value is -1.06. The molecule has 0 saturated heterocycles. The van der Waals surface area contributed by atoms with Crippen LogP contribution < -0.4 is 10.6 Å². The molecule has 0 unspecified atom stereocenters. The maximum Gasteiger partial charge on any atom is 0.220 e. The Morgan fingerprint density at radius 1 is 0.436 bits per heavy atom. The Balaban J connectivity index is 3.40. The summed E-state index contributed by atoms with van der Waals surface area (Å²) in [6, 6.07) is -0.00452. The highest BCUT2D eigenvalue weighted by atomic mass is 16.2. The molecule has 0 saturated carbocycles. The van der Waals surface area contributed by atoms with Crippen LogP contribution in [0.25, 0.3) is 0 Å². The van der Waals surface area contributed by atoms with E-state index in [1.54, 1.807) is 0 Å². The van der Waals surface area contributed by atoms with E-state index in [0.717, 1.165) is 25.7 Å². The molecule has 4 nitrogen and oxygen atoms in total. The first kappa shape index (κ1) is 37.9. The SMILES string of the molecule is CCCCCCCCCCCCCCCCCC(=O)N[C@H](C)CNC(=O)CCCCCCCCCCCCC. The van der Waals surface area contributed by atoms with Crippen molar-refractivity contribution in [2.45, 2.75) is 207 Å². The van der Waals surface area contributed by atoms with Gasteiger partial charge in [-0.1, -0.05) is 168 Å². The second-order valence-electron chi connectivity index (χ2n) is 12.3. The lowest BCUT2D eigenvalue weighted by molar-refractivity contribution is -0.123. The van der Waals surface area contributed by atoms with Crippen LogP contribution in [0.15, 0.2) is 0 Å². The van der Waals surface area contributed by atoms with Crippen molar-refractivity contribution >= 4 is 11.8 Å². The molecule has 0 bridgehead atoms. The highest BCUT2D eigenvalue weighted by Crippen LogP contribution is 2.14. The number of nitrogens with one attached hydrogen (secondary N) is 2. The zero-order valence-corrected chi connectivity index (χ0v) is 26.9. The first-order valence-corrected chi connectivity index (χ1v) is 17.7. The number of carbonyl (C=O) groups excluding carboxylic acids is 2. The Kier molecular flexibility index (Phi) is 30.6. The normalized spacial score (nSPS) is 12.0. The van der Waals surface area contributed by atoms with Crippen LogP contribution in [0.5, 0.6) is 0 Å². The summed E-state index contributed by atoms with van der Waals surface area (Å²) in [4.78, 5) is 24.3. The molecule has 39 heavy (non-hydrogen) atoms. The fourth-order valence-electron chi connectivity index (χ4n) is 5.36. The Morgan fingerprint density at radius 3 is 1.05 bits per heavy atom. The number of unbranched alkanes of at least 4 members (excludes halogenated alkanes) is 24. The molecule has 0 aliphatic carbocycles. The van der Waals surface area contributed by atoms with Crippen LogP contribution >= 0.6 is 0 Å². The Labute approximate surface area is 245 Å². The quantitative estimate of drug-likeness (QED) is 0.0843. The number of hydrogen-bond donors (Lipinski definition) is 2. The van der Waals surface area contributed by atoms with Crippen molar-refractivity contribution in [3.63, 3.8) is 0 Å². The van der Waals surface area contributed by atoms with Crippen molar-refractivity contribution in [1.82, 2.24) is 10.6 Å². The maximum atomic E-state index is 12.2. The molecule has 0 aliphatic rings. The van der Waals surface area contributed by atoms with Gasteiger partial charge >= 0.3 is 0 Å². The predicted molar refractivity (Wildman–Crippen MR) is 171 cm³/mol. The molecule has 0 fully saturated rings. The second-order valence-corrected chi connectivity index (χ2v) is 12.3. The van der Waals surface area contributed by atoms with E-state index in [4.69, 9.17) is 0 Å². The highest BCUT2D eigenvalue weighted by molar-refractivity contribution is 5.77. The summed E-state index contributed by atoms with van der Waals surface area (Å²) in [5.41, 5.74) is 0. The lowest BCUT2D eigenvalue weighted by Crippen LogP contribution is -2.41. The second kappa shape index (κ2) is 31.5. The number of carbonyl (C=O) groups is 2. The molecule has 0 aliphatic heterocycles. The zero-order chi connectivity index (χ0) is 28.7. The first-order chi connectivity index (χ1) is 19.1. The average molecular weight is 551 g/mol. The van der Waals surface area contributed by atoms with Gasteiger partial charge in [-0.05, 0) is 19.8 Å². The van der Waals surface area contributed by atoms with Crippen LogP contribution in [0.2, 0.25) is 0 Å². The molecule has 2 amide bonds. The van der Waals surface area contributed by atoms with Gasteiger partial charge in [0.15, 0.2) is 0 Å². The summed E-state index contributed by atoms with van der Waals surface area (Å²) in [6.07, 6.45) is 35.5. The van der Waals surface area contributed by atoms with Crippen molar-refractivity contribution in [3.8, 4) is 0 Å². The van der Waals surface area contributed by atoms with Crippen molar-refractivity contribution < 1.29 is 9.59 Å². The van der Waals surface area contributed by atoms with E-state index in [0.29, 0.717) is 19.4 Å². The zero-order valence-electron chi connectivity index (χ0n) is 26.9. The smallest absolute Gasteiger partial charge is 0.220 e. The molecule has 0 heterocycles. The largest absolute Gasteiger partial charge is 0.354 e. The topological polar surface area (TPSA) is 58.2 Å². The van der Waals surface area contributed by atoms with Crippen molar-refractivity contribution in [1.29, 1.82) is 0 Å². The number of amides is 2.